The van der Waals surface area contributed by atoms with Gasteiger partial charge in [0.15, 0.2) is 5.78 Å². The Kier molecular flexibility index (Phi) is 7.82. The van der Waals surface area contributed by atoms with E-state index >= 15 is 0 Å². The Hall–Kier alpha value is -2.90. The molecular formula is C23H29N3O4. The molecule has 7 heteroatoms. The van der Waals surface area contributed by atoms with Crippen LogP contribution >= 0.6 is 0 Å². The first-order chi connectivity index (χ1) is 14.5. The average molecular weight is 412 g/mol. The SMILES string of the molecule is CC(=O)c1ccc(OCC(O)CN2CCC(NC(=O)Nc3ccccc3)CC2)cc1. The standard InChI is InChI=1S/C23H29N3O4/c1-17(27)18-7-9-22(10-8-18)30-16-21(28)15-26-13-11-20(12-14-26)25-23(29)24-19-5-3-2-4-6-19/h2-10,20-21,28H,11-16H2,1H3,(H2,24,25,29). The van der Waals surface area contributed by atoms with Crippen LogP contribution in [0.1, 0.15) is 30.1 Å². The normalized spacial score (nSPS) is 15.9. The number of nitrogens with zero attached hydrogens (tertiary/aromatic N) is 1. The fourth-order valence-electron chi connectivity index (χ4n) is 3.46. The number of aliphatic hydroxyl groups is 1. The van der Waals surface area contributed by atoms with Crippen LogP contribution in [0.15, 0.2) is 54.6 Å². The Morgan fingerprint density at radius 3 is 2.40 bits per heavy atom. The molecule has 0 bridgehead atoms. The molecule has 160 valence electrons. The van der Waals surface area contributed by atoms with Gasteiger partial charge in [0.1, 0.15) is 18.5 Å². The van der Waals surface area contributed by atoms with Crippen molar-refractivity contribution in [2.24, 2.45) is 0 Å². The van der Waals surface area contributed by atoms with Gasteiger partial charge in [-0.15, -0.1) is 0 Å². The second kappa shape index (κ2) is 10.8. The molecule has 7 nitrogen and oxygen atoms in total. The number of amides is 2. The summed E-state index contributed by atoms with van der Waals surface area (Å²) in [6.45, 7) is 3.85. The summed E-state index contributed by atoms with van der Waals surface area (Å²) in [5, 5.41) is 16.1. The molecular weight excluding hydrogens is 382 g/mol. The van der Waals surface area contributed by atoms with Gasteiger partial charge in [0.05, 0.1) is 0 Å². The summed E-state index contributed by atoms with van der Waals surface area (Å²) >= 11 is 0. The van der Waals surface area contributed by atoms with Gasteiger partial charge in [-0.25, -0.2) is 4.79 Å². The molecule has 3 N–H and O–H groups in total. The Balaban J connectivity index is 1.33. The van der Waals surface area contributed by atoms with Crippen molar-refractivity contribution < 1.29 is 19.4 Å². The summed E-state index contributed by atoms with van der Waals surface area (Å²) in [5.41, 5.74) is 1.41. The number of ether oxygens (including phenoxy) is 1. The molecule has 1 saturated heterocycles. The molecule has 1 heterocycles. The van der Waals surface area contributed by atoms with Crippen LogP contribution in [0.5, 0.6) is 5.75 Å². The highest BCUT2D eigenvalue weighted by Gasteiger charge is 2.22. The lowest BCUT2D eigenvalue weighted by Gasteiger charge is -2.33. The number of benzene rings is 2. The number of β-amino-alcohol motifs (C(OH)–C–C–N with tert-alkyl or cyclic N) is 1. The van der Waals surface area contributed by atoms with E-state index in [9.17, 15) is 14.7 Å². The largest absolute Gasteiger partial charge is 0.491 e. The van der Waals surface area contributed by atoms with Crippen molar-refractivity contribution in [1.82, 2.24) is 10.2 Å². The van der Waals surface area contributed by atoms with Crippen LogP contribution in [0, 0.1) is 0 Å². The van der Waals surface area contributed by atoms with E-state index < -0.39 is 6.10 Å². The van der Waals surface area contributed by atoms with Crippen molar-refractivity contribution in [3.63, 3.8) is 0 Å². The number of carbonyl (C=O) groups is 2. The van der Waals surface area contributed by atoms with Crippen LogP contribution in [0.3, 0.4) is 0 Å². The number of ketones is 1. The third-order valence-electron chi connectivity index (χ3n) is 5.13. The summed E-state index contributed by atoms with van der Waals surface area (Å²) in [7, 11) is 0. The smallest absolute Gasteiger partial charge is 0.319 e. The second-order valence-electron chi connectivity index (χ2n) is 7.58. The number of anilines is 1. The van der Waals surface area contributed by atoms with Crippen LogP contribution in [0.4, 0.5) is 10.5 Å². The number of urea groups is 1. The van der Waals surface area contributed by atoms with Gasteiger partial charge in [0.25, 0.3) is 0 Å². The van der Waals surface area contributed by atoms with Crippen LogP contribution < -0.4 is 15.4 Å². The number of rotatable bonds is 8. The highest BCUT2D eigenvalue weighted by atomic mass is 16.5. The zero-order chi connectivity index (χ0) is 21.3. The van der Waals surface area contributed by atoms with E-state index in [1.54, 1.807) is 24.3 Å². The van der Waals surface area contributed by atoms with E-state index in [2.05, 4.69) is 15.5 Å². The predicted molar refractivity (Wildman–Crippen MR) is 116 cm³/mol. The monoisotopic (exact) mass is 411 g/mol. The first-order valence-corrected chi connectivity index (χ1v) is 10.3. The van der Waals surface area contributed by atoms with E-state index in [-0.39, 0.29) is 24.5 Å². The molecule has 0 radical (unpaired) electrons. The van der Waals surface area contributed by atoms with Crippen molar-refractivity contribution in [3.05, 3.63) is 60.2 Å². The molecule has 2 amide bonds. The number of para-hydroxylation sites is 1. The summed E-state index contributed by atoms with van der Waals surface area (Å²) in [5.74, 6) is 0.642. The number of aliphatic hydroxyl groups excluding tert-OH is 1. The van der Waals surface area contributed by atoms with Gasteiger partial charge in [-0.05, 0) is 56.2 Å². The summed E-state index contributed by atoms with van der Waals surface area (Å²) in [6.07, 6.45) is 1.06. The minimum absolute atomic E-state index is 0.0111. The first-order valence-electron chi connectivity index (χ1n) is 10.3. The molecule has 1 atom stereocenters. The molecule has 1 fully saturated rings. The van der Waals surface area contributed by atoms with E-state index in [0.717, 1.165) is 31.6 Å². The Labute approximate surface area is 177 Å². The van der Waals surface area contributed by atoms with Crippen LogP contribution in [0.2, 0.25) is 0 Å². The molecule has 3 rings (SSSR count). The molecule has 0 aliphatic carbocycles. The topological polar surface area (TPSA) is 90.9 Å². The van der Waals surface area contributed by atoms with Crippen molar-refractivity contribution in [1.29, 1.82) is 0 Å². The minimum Gasteiger partial charge on any atom is -0.491 e. The molecule has 1 unspecified atom stereocenters. The lowest BCUT2D eigenvalue weighted by molar-refractivity contribution is 0.0584. The third kappa shape index (κ3) is 6.86. The molecule has 1 aliphatic heterocycles. The highest BCUT2D eigenvalue weighted by molar-refractivity contribution is 5.94. The molecule has 0 saturated carbocycles. The number of nitrogens with one attached hydrogen (secondary N) is 2. The number of Topliss-reactive ketones (excluding diaryl/α,β-unsaturated/α-hetero) is 1. The Morgan fingerprint density at radius 2 is 1.77 bits per heavy atom. The maximum absolute atomic E-state index is 12.1. The molecule has 2 aromatic rings. The maximum atomic E-state index is 12.1. The number of likely N-dealkylation sites (tertiary alicyclic amines) is 1. The van der Waals surface area contributed by atoms with Crippen LogP contribution in [0.25, 0.3) is 0 Å². The lowest BCUT2D eigenvalue weighted by Crippen LogP contribution is -2.48. The maximum Gasteiger partial charge on any atom is 0.319 e. The predicted octanol–water partition coefficient (Wildman–Crippen LogP) is 2.92. The average Bonchev–Trinajstić information content (AvgIpc) is 2.74. The fourth-order valence-corrected chi connectivity index (χ4v) is 3.46. The zero-order valence-electron chi connectivity index (χ0n) is 17.2. The number of hydrogen-bond acceptors (Lipinski definition) is 5. The number of carbonyl (C=O) groups excluding carboxylic acids is 2. The van der Waals surface area contributed by atoms with E-state index in [4.69, 9.17) is 4.74 Å². The van der Waals surface area contributed by atoms with Gasteiger partial charge in [0, 0.05) is 36.9 Å². The molecule has 0 aromatic heterocycles. The molecule has 1 aliphatic rings. The molecule has 30 heavy (non-hydrogen) atoms. The lowest BCUT2D eigenvalue weighted by atomic mass is 10.0. The van der Waals surface area contributed by atoms with E-state index in [0.29, 0.717) is 17.9 Å². The Bertz CT molecular complexity index is 818. The fraction of sp³-hybridized carbons (Fsp3) is 0.391. The highest BCUT2D eigenvalue weighted by Crippen LogP contribution is 2.14. The van der Waals surface area contributed by atoms with Crippen molar-refractivity contribution in [2.45, 2.75) is 31.9 Å². The van der Waals surface area contributed by atoms with Gasteiger partial charge >= 0.3 is 6.03 Å². The van der Waals surface area contributed by atoms with Gasteiger partial charge in [-0.1, -0.05) is 18.2 Å². The quantitative estimate of drug-likeness (QED) is 0.581. The zero-order valence-corrected chi connectivity index (χ0v) is 17.2. The van der Waals surface area contributed by atoms with Crippen molar-refractivity contribution >= 4 is 17.5 Å². The van der Waals surface area contributed by atoms with E-state index in [1.807, 2.05) is 30.3 Å². The minimum atomic E-state index is -0.608. The summed E-state index contributed by atoms with van der Waals surface area (Å²) in [4.78, 5) is 25.6. The molecule has 0 spiro atoms. The number of hydrogen-bond donors (Lipinski definition) is 3. The van der Waals surface area contributed by atoms with Gasteiger partial charge in [-0.3, -0.25) is 4.79 Å². The van der Waals surface area contributed by atoms with Crippen molar-refractivity contribution in [3.8, 4) is 5.75 Å². The number of piperidine rings is 1. The van der Waals surface area contributed by atoms with Crippen molar-refractivity contribution in [2.75, 3.05) is 31.6 Å². The Morgan fingerprint density at radius 1 is 1.10 bits per heavy atom. The second-order valence-corrected chi connectivity index (χ2v) is 7.58. The van der Waals surface area contributed by atoms with Crippen LogP contribution in [-0.2, 0) is 0 Å². The van der Waals surface area contributed by atoms with Gasteiger partial charge < -0.3 is 25.4 Å². The molecule has 2 aromatic carbocycles. The summed E-state index contributed by atoms with van der Waals surface area (Å²) in [6, 6.07) is 16.2. The van der Waals surface area contributed by atoms with Crippen LogP contribution in [-0.4, -0.2) is 60.2 Å². The summed E-state index contributed by atoms with van der Waals surface area (Å²) < 4.78 is 5.62. The van der Waals surface area contributed by atoms with Gasteiger partial charge in [0.2, 0.25) is 0 Å². The van der Waals surface area contributed by atoms with E-state index in [1.165, 1.54) is 6.92 Å². The van der Waals surface area contributed by atoms with Gasteiger partial charge in [-0.2, -0.15) is 0 Å². The first kappa shape index (κ1) is 21.8. The third-order valence-corrected chi connectivity index (χ3v) is 5.13.